The fourth-order valence-electron chi connectivity index (χ4n) is 5.08. The Balaban J connectivity index is 1.37. The minimum atomic E-state index is -0.322. The van der Waals surface area contributed by atoms with Crippen molar-refractivity contribution in [1.29, 1.82) is 0 Å². The van der Waals surface area contributed by atoms with E-state index in [0.29, 0.717) is 23.3 Å². The molecule has 7 nitrogen and oxygen atoms in total. The molecule has 3 aliphatic heterocycles. The molecule has 35 heavy (non-hydrogen) atoms. The van der Waals surface area contributed by atoms with E-state index < -0.39 is 0 Å². The van der Waals surface area contributed by atoms with Crippen LogP contribution in [0.25, 0.3) is 16.5 Å². The minimum absolute atomic E-state index is 0.252. The van der Waals surface area contributed by atoms with Crippen LogP contribution >= 0.6 is 0 Å². The Hall–Kier alpha value is -3.06. The third kappa shape index (κ3) is 3.59. The molecule has 1 saturated heterocycles. The molecule has 1 atom stereocenters. The molecular weight excluding hydrogens is 504 g/mol. The Morgan fingerprint density at radius 1 is 1.09 bits per heavy atom. The fraction of sp³-hybridized carbons (Fsp3) is 0.269. The molecule has 0 bridgehead atoms. The number of hydrogen-bond acceptors (Lipinski definition) is 5. The number of allylic oxidation sites excluding steroid dienone is 2. The van der Waals surface area contributed by atoms with Crippen molar-refractivity contribution in [3.63, 3.8) is 0 Å². The average Bonchev–Trinajstić information content (AvgIpc) is 3.54. The van der Waals surface area contributed by atoms with E-state index in [2.05, 4.69) is 61.8 Å². The number of hydrogen-bond donors (Lipinski definition) is 1. The molecule has 2 radical (unpaired) electrons. The molecule has 0 amide bonds. The number of halogens is 1. The summed E-state index contributed by atoms with van der Waals surface area (Å²) in [4.78, 5) is 14.1. The molecule has 0 saturated carbocycles. The monoisotopic (exact) mass is 530 g/mol. The van der Waals surface area contributed by atoms with Crippen molar-refractivity contribution >= 4 is 50.7 Å². The molecule has 176 valence electrons. The second-order valence-electron chi connectivity index (χ2n) is 9.37. The summed E-state index contributed by atoms with van der Waals surface area (Å²) in [5, 5.41) is 8.05. The van der Waals surface area contributed by atoms with Crippen LogP contribution in [0.1, 0.15) is 19.4 Å². The molecule has 5 heterocycles. The van der Waals surface area contributed by atoms with Crippen LogP contribution in [0.15, 0.2) is 76.5 Å². The van der Waals surface area contributed by atoms with E-state index in [1.54, 1.807) is 18.6 Å². The van der Waals surface area contributed by atoms with E-state index in [4.69, 9.17) is 4.98 Å². The molecule has 6 rings (SSSR count). The average molecular weight is 530 g/mol. The topological polar surface area (TPSA) is 60.4 Å². The van der Waals surface area contributed by atoms with Gasteiger partial charge >= 0.3 is 199 Å². The summed E-state index contributed by atoms with van der Waals surface area (Å²) in [6.07, 6.45) is 8.90. The molecule has 0 aliphatic carbocycles. The van der Waals surface area contributed by atoms with Crippen molar-refractivity contribution in [1.82, 2.24) is 24.6 Å². The zero-order valence-electron chi connectivity index (χ0n) is 19.7. The van der Waals surface area contributed by atoms with Crippen molar-refractivity contribution < 1.29 is 4.39 Å². The van der Waals surface area contributed by atoms with Gasteiger partial charge in [0.25, 0.3) is 0 Å². The quantitative estimate of drug-likeness (QED) is 0.314. The molecule has 3 aromatic rings. The van der Waals surface area contributed by atoms with Gasteiger partial charge in [-0.05, 0) is 13.8 Å². The Morgan fingerprint density at radius 3 is 2.66 bits per heavy atom. The molecule has 1 unspecified atom stereocenters. The predicted octanol–water partition coefficient (Wildman–Crippen LogP) is 4.08. The maximum atomic E-state index is 16.5. The summed E-state index contributed by atoms with van der Waals surface area (Å²) >= 11 is 2.53. The maximum absolute atomic E-state index is 16.5. The molecule has 0 spiro atoms. The van der Waals surface area contributed by atoms with E-state index in [1.165, 1.54) is 0 Å². The Kier molecular flexibility index (Phi) is 5.48. The van der Waals surface area contributed by atoms with E-state index in [0.717, 1.165) is 52.7 Å². The number of pyridine rings is 1. The first-order valence-corrected chi connectivity index (χ1v) is 12.8. The van der Waals surface area contributed by atoms with Gasteiger partial charge in [0.05, 0.1) is 0 Å². The molecule has 9 heteroatoms. The summed E-state index contributed by atoms with van der Waals surface area (Å²) in [5.41, 5.74) is 3.22. The van der Waals surface area contributed by atoms with Gasteiger partial charge in [0.2, 0.25) is 0 Å². The molecule has 1 fully saturated rings. The number of piperazine rings is 1. The van der Waals surface area contributed by atoms with Gasteiger partial charge in [-0.2, -0.15) is 0 Å². The number of fused-ring (bicyclic) bond motifs is 2. The van der Waals surface area contributed by atoms with Gasteiger partial charge in [0.15, 0.2) is 0 Å². The summed E-state index contributed by atoms with van der Waals surface area (Å²) < 4.78 is 17.1. The van der Waals surface area contributed by atoms with Gasteiger partial charge in [-0.3, -0.25) is 0 Å². The van der Waals surface area contributed by atoms with Gasteiger partial charge in [-0.25, -0.2) is 0 Å². The Labute approximate surface area is 212 Å². The zero-order valence-corrected chi connectivity index (χ0v) is 21.6. The number of quaternary nitrogens is 1. The molecular formula is C26H26AsFN7+. The number of amidine groups is 1. The fourth-order valence-corrected chi connectivity index (χ4v) is 5.81. The number of nitrogens with zero attached hydrogens (tertiary/aromatic N) is 6. The number of nitrogens with one attached hydrogen (secondary N) is 1. The zero-order chi connectivity index (χ0) is 24.2. The first-order chi connectivity index (χ1) is 17.0. The number of anilines is 1. The van der Waals surface area contributed by atoms with Crippen LogP contribution in [0.2, 0.25) is 0 Å². The summed E-state index contributed by atoms with van der Waals surface area (Å²) in [6, 6.07) is 10.3. The molecule has 2 aromatic heterocycles. The van der Waals surface area contributed by atoms with Crippen LogP contribution in [0, 0.1) is 0 Å². The van der Waals surface area contributed by atoms with Crippen molar-refractivity contribution in [2.24, 2.45) is 4.99 Å². The van der Waals surface area contributed by atoms with Crippen LogP contribution in [0.4, 0.5) is 15.9 Å². The second kappa shape index (κ2) is 8.55. The normalized spacial score (nSPS) is 22.7. The first-order valence-electron chi connectivity index (χ1n) is 11.8. The summed E-state index contributed by atoms with van der Waals surface area (Å²) in [7, 11) is 0. The van der Waals surface area contributed by atoms with Crippen molar-refractivity contribution in [2.75, 3.05) is 31.1 Å². The summed E-state index contributed by atoms with van der Waals surface area (Å²) in [5.74, 6) is 0.868. The van der Waals surface area contributed by atoms with Crippen LogP contribution in [-0.2, 0) is 0 Å². The third-order valence-electron chi connectivity index (χ3n) is 7.12. The van der Waals surface area contributed by atoms with Crippen LogP contribution in [-0.4, -0.2) is 75.0 Å². The summed E-state index contributed by atoms with van der Waals surface area (Å²) in [6.45, 7) is 8.45. The molecule has 3 aliphatic rings. The number of aliphatic imine (C=N–C) groups is 1. The van der Waals surface area contributed by atoms with E-state index >= 15 is 4.39 Å². The van der Waals surface area contributed by atoms with Crippen molar-refractivity contribution in [3.8, 4) is 0 Å². The Morgan fingerprint density at radius 2 is 1.91 bits per heavy atom. The van der Waals surface area contributed by atoms with Gasteiger partial charge in [-0.15, -0.1) is 0 Å². The van der Waals surface area contributed by atoms with E-state index in [-0.39, 0.29) is 10.4 Å². The number of rotatable bonds is 4. The first kappa shape index (κ1) is 22.4. The second-order valence-corrected chi connectivity index (χ2v) is 10.4. The van der Waals surface area contributed by atoms with E-state index in [9.17, 15) is 0 Å². The third-order valence-corrected chi connectivity index (χ3v) is 7.81. The SMILES string of the molecule is CC(C)N1CCN(c2ccc([N+]34C=CN=C3C([As])=CC(c3ccc5cn[nH]c5c3)=C4F)nc2)CC1. The van der Waals surface area contributed by atoms with Crippen molar-refractivity contribution in [2.45, 2.75) is 19.9 Å². The predicted molar refractivity (Wildman–Crippen MR) is 139 cm³/mol. The molecule has 1 aromatic carbocycles. The van der Waals surface area contributed by atoms with Gasteiger partial charge in [0.1, 0.15) is 0 Å². The molecule has 1 N–H and O–H groups in total. The number of aromatic nitrogens is 3. The van der Waals surface area contributed by atoms with Crippen molar-refractivity contribution in [3.05, 3.63) is 77.1 Å². The van der Waals surface area contributed by atoms with Gasteiger partial charge in [0, 0.05) is 0 Å². The van der Waals surface area contributed by atoms with Crippen LogP contribution in [0.3, 0.4) is 0 Å². The Bertz CT molecular complexity index is 1410. The number of benzene rings is 1. The van der Waals surface area contributed by atoms with Gasteiger partial charge < -0.3 is 0 Å². The standard InChI is InChI=1S/C26H26AsFN7/c1-17(2)33-8-10-34(11-9-33)20-5-6-24(30-16-20)35-12-7-29-26(35)22(27)14-21(25(35)28)18-3-4-19-15-31-32-23(19)13-18/h3-7,12-17H,8-11H2,1-2H3,(H,31,32)/q+1. The van der Waals surface area contributed by atoms with Crippen LogP contribution < -0.4 is 9.38 Å². The van der Waals surface area contributed by atoms with E-state index in [1.807, 2.05) is 36.5 Å². The van der Waals surface area contributed by atoms with Gasteiger partial charge in [-0.1, -0.05) is 0 Å². The number of aromatic amines is 1. The number of H-pyrrole nitrogens is 1. The van der Waals surface area contributed by atoms with Crippen LogP contribution in [0.5, 0.6) is 0 Å².